The molecule has 0 heterocycles. The molecule has 0 amide bonds. The second kappa shape index (κ2) is 6.19. The summed E-state index contributed by atoms with van der Waals surface area (Å²) in [6.07, 6.45) is 2.06. The molecule has 0 aromatic heterocycles. The summed E-state index contributed by atoms with van der Waals surface area (Å²) in [4.78, 5) is 0. The normalized spacial score (nSPS) is 15.5. The van der Waals surface area contributed by atoms with E-state index in [1.165, 1.54) is 0 Å². The maximum absolute atomic E-state index is 10.4. The summed E-state index contributed by atoms with van der Waals surface area (Å²) < 4.78 is 11.1. The van der Waals surface area contributed by atoms with Crippen molar-refractivity contribution in [3.8, 4) is 11.5 Å². The monoisotopic (exact) mass is 284 g/mol. The van der Waals surface area contributed by atoms with E-state index in [1.807, 2.05) is 55.5 Å². The largest absolute Gasteiger partial charge is 0.494 e. The van der Waals surface area contributed by atoms with E-state index < -0.39 is 6.10 Å². The van der Waals surface area contributed by atoms with Crippen molar-refractivity contribution in [2.75, 3.05) is 6.61 Å². The predicted octanol–water partition coefficient (Wildman–Crippen LogP) is 3.71. The summed E-state index contributed by atoms with van der Waals surface area (Å²) in [6, 6.07) is 15.2. The molecule has 0 bridgehead atoms. The molecule has 1 saturated carbocycles. The van der Waals surface area contributed by atoms with Crippen molar-refractivity contribution >= 4 is 0 Å². The van der Waals surface area contributed by atoms with Crippen LogP contribution in [0, 0.1) is 0 Å². The zero-order valence-electron chi connectivity index (χ0n) is 12.2. The molecule has 110 valence electrons. The number of ether oxygens (including phenoxy) is 2. The number of hydrogen-bond acceptors (Lipinski definition) is 3. The Morgan fingerprint density at radius 2 is 1.48 bits per heavy atom. The summed E-state index contributed by atoms with van der Waals surface area (Å²) in [5.74, 6) is 1.70. The van der Waals surface area contributed by atoms with Gasteiger partial charge in [0.15, 0.2) is 0 Å². The van der Waals surface area contributed by atoms with Crippen molar-refractivity contribution in [1.82, 2.24) is 0 Å². The van der Waals surface area contributed by atoms with Crippen LogP contribution in [-0.2, 0) is 0 Å². The number of rotatable bonds is 6. The molecule has 0 saturated heterocycles. The lowest BCUT2D eigenvalue weighted by Crippen LogP contribution is -2.01. The zero-order chi connectivity index (χ0) is 14.7. The van der Waals surface area contributed by atoms with Gasteiger partial charge in [-0.05, 0) is 55.2 Å². The third-order valence-electron chi connectivity index (χ3n) is 3.53. The quantitative estimate of drug-likeness (QED) is 0.879. The maximum Gasteiger partial charge on any atom is 0.119 e. The van der Waals surface area contributed by atoms with Gasteiger partial charge in [-0.1, -0.05) is 24.3 Å². The van der Waals surface area contributed by atoms with Crippen LogP contribution in [0.15, 0.2) is 48.5 Å². The fourth-order valence-electron chi connectivity index (χ4n) is 2.21. The lowest BCUT2D eigenvalue weighted by molar-refractivity contribution is 0.220. The van der Waals surface area contributed by atoms with E-state index in [4.69, 9.17) is 9.47 Å². The summed E-state index contributed by atoms with van der Waals surface area (Å²) in [5.41, 5.74) is 1.72. The van der Waals surface area contributed by atoms with E-state index in [1.54, 1.807) is 0 Å². The average molecular weight is 284 g/mol. The highest BCUT2D eigenvalue weighted by atomic mass is 16.5. The smallest absolute Gasteiger partial charge is 0.119 e. The first-order valence-corrected chi connectivity index (χ1v) is 7.43. The number of aliphatic hydroxyl groups excluding tert-OH is 1. The Morgan fingerprint density at radius 1 is 0.952 bits per heavy atom. The van der Waals surface area contributed by atoms with Gasteiger partial charge in [-0.15, -0.1) is 0 Å². The number of aliphatic hydroxyl groups is 1. The topological polar surface area (TPSA) is 38.7 Å². The van der Waals surface area contributed by atoms with Gasteiger partial charge in [0.2, 0.25) is 0 Å². The molecule has 1 aliphatic carbocycles. The lowest BCUT2D eigenvalue weighted by atomic mass is 10.0. The van der Waals surface area contributed by atoms with Gasteiger partial charge in [0.05, 0.1) is 12.7 Å². The van der Waals surface area contributed by atoms with Gasteiger partial charge in [-0.2, -0.15) is 0 Å². The molecule has 0 spiro atoms. The molecule has 2 aromatic carbocycles. The van der Waals surface area contributed by atoms with E-state index in [0.717, 1.165) is 35.5 Å². The Kier molecular flexibility index (Phi) is 4.11. The predicted molar refractivity (Wildman–Crippen MR) is 81.8 cm³/mol. The number of hydrogen-bond donors (Lipinski definition) is 1. The Hall–Kier alpha value is -2.00. The van der Waals surface area contributed by atoms with Gasteiger partial charge in [-0.3, -0.25) is 0 Å². The molecule has 3 nitrogen and oxygen atoms in total. The first kappa shape index (κ1) is 14.0. The van der Waals surface area contributed by atoms with Crippen LogP contribution in [0.5, 0.6) is 11.5 Å². The summed E-state index contributed by atoms with van der Waals surface area (Å²) in [7, 11) is 0. The Bertz CT molecular complexity index is 570. The molecule has 1 N–H and O–H groups in total. The maximum atomic E-state index is 10.4. The summed E-state index contributed by atoms with van der Waals surface area (Å²) in [5, 5.41) is 10.4. The highest BCUT2D eigenvalue weighted by Gasteiger charge is 2.23. The summed E-state index contributed by atoms with van der Waals surface area (Å²) >= 11 is 0. The SMILES string of the molecule is CCOc1ccc(C(O)c2ccc(OC3CC3)cc2)cc1. The van der Waals surface area contributed by atoms with Crippen LogP contribution in [0.25, 0.3) is 0 Å². The van der Waals surface area contributed by atoms with Crippen LogP contribution in [-0.4, -0.2) is 17.8 Å². The minimum absolute atomic E-state index is 0.395. The Labute approximate surface area is 125 Å². The summed E-state index contributed by atoms with van der Waals surface area (Å²) in [6.45, 7) is 2.60. The number of benzene rings is 2. The highest BCUT2D eigenvalue weighted by molar-refractivity contribution is 5.36. The molecule has 1 unspecified atom stereocenters. The molecule has 1 fully saturated rings. The van der Waals surface area contributed by atoms with Crippen LogP contribution in [0.1, 0.15) is 37.0 Å². The van der Waals surface area contributed by atoms with Gasteiger partial charge < -0.3 is 14.6 Å². The van der Waals surface area contributed by atoms with Gasteiger partial charge in [0.1, 0.15) is 17.6 Å². The van der Waals surface area contributed by atoms with Crippen LogP contribution in [0.4, 0.5) is 0 Å². The average Bonchev–Trinajstić information content (AvgIpc) is 3.32. The van der Waals surface area contributed by atoms with E-state index in [9.17, 15) is 5.11 Å². The van der Waals surface area contributed by atoms with Crippen molar-refractivity contribution in [2.24, 2.45) is 0 Å². The van der Waals surface area contributed by atoms with Crippen molar-refractivity contribution < 1.29 is 14.6 Å². The van der Waals surface area contributed by atoms with Gasteiger partial charge in [-0.25, -0.2) is 0 Å². The third kappa shape index (κ3) is 3.56. The molecular weight excluding hydrogens is 264 g/mol. The molecule has 3 heteroatoms. The van der Waals surface area contributed by atoms with E-state index in [-0.39, 0.29) is 0 Å². The fraction of sp³-hybridized carbons (Fsp3) is 0.333. The van der Waals surface area contributed by atoms with Gasteiger partial charge >= 0.3 is 0 Å². The molecule has 0 aliphatic heterocycles. The zero-order valence-corrected chi connectivity index (χ0v) is 12.2. The van der Waals surface area contributed by atoms with Crippen LogP contribution in [0.3, 0.4) is 0 Å². The van der Waals surface area contributed by atoms with Crippen molar-refractivity contribution in [2.45, 2.75) is 32.0 Å². The van der Waals surface area contributed by atoms with E-state index >= 15 is 0 Å². The molecule has 1 aliphatic rings. The lowest BCUT2D eigenvalue weighted by Gasteiger charge is -2.13. The van der Waals surface area contributed by atoms with Crippen LogP contribution in [0.2, 0.25) is 0 Å². The molecule has 0 radical (unpaired) electrons. The van der Waals surface area contributed by atoms with E-state index in [0.29, 0.717) is 12.7 Å². The molecule has 3 rings (SSSR count). The first-order valence-electron chi connectivity index (χ1n) is 7.43. The Morgan fingerprint density at radius 3 is 1.95 bits per heavy atom. The minimum Gasteiger partial charge on any atom is -0.494 e. The minimum atomic E-state index is -0.629. The van der Waals surface area contributed by atoms with Crippen LogP contribution < -0.4 is 9.47 Å². The van der Waals surface area contributed by atoms with Gasteiger partial charge in [0.25, 0.3) is 0 Å². The third-order valence-corrected chi connectivity index (χ3v) is 3.53. The molecular formula is C18H20O3. The van der Waals surface area contributed by atoms with Crippen molar-refractivity contribution in [3.63, 3.8) is 0 Å². The van der Waals surface area contributed by atoms with Crippen molar-refractivity contribution in [3.05, 3.63) is 59.7 Å². The van der Waals surface area contributed by atoms with Crippen LogP contribution >= 0.6 is 0 Å². The fourth-order valence-corrected chi connectivity index (χ4v) is 2.21. The molecule has 2 aromatic rings. The van der Waals surface area contributed by atoms with Gasteiger partial charge in [0, 0.05) is 0 Å². The molecule has 1 atom stereocenters. The van der Waals surface area contributed by atoms with E-state index in [2.05, 4.69) is 0 Å². The van der Waals surface area contributed by atoms with Crippen molar-refractivity contribution in [1.29, 1.82) is 0 Å². The second-order valence-corrected chi connectivity index (χ2v) is 5.29. The second-order valence-electron chi connectivity index (χ2n) is 5.29. The highest BCUT2D eigenvalue weighted by Crippen LogP contribution is 2.29. The first-order chi connectivity index (χ1) is 10.3. The Balaban J connectivity index is 1.69. The molecule has 21 heavy (non-hydrogen) atoms. The standard InChI is InChI=1S/C18H20O3/c1-2-20-15-7-3-13(4-8-15)18(19)14-5-9-16(10-6-14)21-17-11-12-17/h3-10,17-19H,2,11-12H2,1H3.